The van der Waals surface area contributed by atoms with Gasteiger partial charge in [-0.1, -0.05) is 0 Å². The summed E-state index contributed by atoms with van der Waals surface area (Å²) in [5.74, 6) is -0.524. The van der Waals surface area contributed by atoms with Crippen LogP contribution in [0.1, 0.15) is 16.8 Å². The molecule has 2 aromatic carbocycles. The summed E-state index contributed by atoms with van der Waals surface area (Å²) in [5, 5.41) is 3.54. The highest BCUT2D eigenvalue weighted by Gasteiger charge is 2.19. The van der Waals surface area contributed by atoms with Crippen LogP contribution in [0, 0.1) is 5.82 Å². The molecule has 0 atom stereocenters. The number of fused-ring (bicyclic) bond motifs is 1. The molecule has 0 unspecified atom stereocenters. The Hall–Kier alpha value is -2.84. The van der Waals surface area contributed by atoms with Gasteiger partial charge in [0, 0.05) is 24.2 Å². The van der Waals surface area contributed by atoms with Gasteiger partial charge in [-0.15, -0.1) is 11.3 Å². The number of thiazole rings is 1. The van der Waals surface area contributed by atoms with E-state index in [9.17, 15) is 14.0 Å². The lowest BCUT2D eigenvalue weighted by Crippen LogP contribution is -2.38. The summed E-state index contributed by atoms with van der Waals surface area (Å²) >= 11 is 1.45. The lowest BCUT2D eigenvalue weighted by molar-refractivity contribution is -0.121. The van der Waals surface area contributed by atoms with E-state index >= 15 is 0 Å². The summed E-state index contributed by atoms with van der Waals surface area (Å²) in [4.78, 5) is 30.5. The first-order chi connectivity index (χ1) is 13.6. The van der Waals surface area contributed by atoms with Crippen LogP contribution in [-0.2, 0) is 9.53 Å². The summed E-state index contributed by atoms with van der Waals surface area (Å²) in [7, 11) is 0. The summed E-state index contributed by atoms with van der Waals surface area (Å²) in [5.41, 5.74) is 2.16. The Morgan fingerprint density at radius 1 is 1.21 bits per heavy atom. The topological polar surface area (TPSA) is 71.5 Å². The Morgan fingerprint density at radius 2 is 2.04 bits per heavy atom. The number of halogens is 1. The smallest absolute Gasteiger partial charge is 0.255 e. The van der Waals surface area contributed by atoms with Gasteiger partial charge in [0.2, 0.25) is 5.91 Å². The molecule has 6 nitrogen and oxygen atoms in total. The monoisotopic (exact) mass is 399 g/mol. The predicted octanol–water partition coefficient (Wildman–Crippen LogP) is 3.04. The number of nitrogens with one attached hydrogen (secondary N) is 1. The maximum atomic E-state index is 13.1. The standard InChI is InChI=1S/C20H18FN3O3S/c21-15-4-1-13(2-5-15)19-23-16-6-3-14(11-17(16)28-19)20(26)24-9-8-22-18(25)7-10-27-12-24/h1-6,11H,7-10,12H2,(H,22,25). The minimum Gasteiger partial charge on any atom is -0.360 e. The van der Waals surface area contributed by atoms with E-state index in [-0.39, 0.29) is 31.0 Å². The molecule has 2 amide bonds. The minimum atomic E-state index is -0.291. The van der Waals surface area contributed by atoms with Gasteiger partial charge in [-0.05, 0) is 42.5 Å². The molecule has 0 bridgehead atoms. The van der Waals surface area contributed by atoms with Crippen LogP contribution in [0.2, 0.25) is 0 Å². The van der Waals surface area contributed by atoms with Gasteiger partial charge in [0.1, 0.15) is 17.6 Å². The minimum absolute atomic E-state index is 0.0753. The molecule has 28 heavy (non-hydrogen) atoms. The maximum absolute atomic E-state index is 13.1. The van der Waals surface area contributed by atoms with Crippen LogP contribution >= 0.6 is 11.3 Å². The Kier molecular flexibility index (Phi) is 5.31. The molecule has 1 N–H and O–H groups in total. The van der Waals surface area contributed by atoms with E-state index in [0.29, 0.717) is 25.1 Å². The molecular formula is C20H18FN3O3S. The number of hydrogen-bond donors (Lipinski definition) is 1. The Bertz CT molecular complexity index is 1020. The molecular weight excluding hydrogens is 381 g/mol. The molecule has 8 heteroatoms. The molecule has 0 saturated carbocycles. The van der Waals surface area contributed by atoms with Crippen LogP contribution in [0.5, 0.6) is 0 Å². The fourth-order valence-corrected chi connectivity index (χ4v) is 3.95. The summed E-state index contributed by atoms with van der Waals surface area (Å²) in [6, 6.07) is 11.5. The first-order valence-corrected chi connectivity index (χ1v) is 9.72. The van der Waals surface area contributed by atoms with Gasteiger partial charge in [0.15, 0.2) is 0 Å². The van der Waals surface area contributed by atoms with E-state index in [0.717, 1.165) is 20.8 Å². The zero-order valence-electron chi connectivity index (χ0n) is 15.0. The van der Waals surface area contributed by atoms with Crippen LogP contribution in [-0.4, -0.2) is 48.1 Å². The van der Waals surface area contributed by atoms with Crippen molar-refractivity contribution in [2.45, 2.75) is 6.42 Å². The van der Waals surface area contributed by atoms with Crippen molar-refractivity contribution in [3.63, 3.8) is 0 Å². The molecule has 4 rings (SSSR count). The third-order valence-corrected chi connectivity index (χ3v) is 5.51. The van der Waals surface area contributed by atoms with Crippen molar-refractivity contribution in [2.24, 2.45) is 0 Å². The number of carbonyl (C=O) groups excluding carboxylic acids is 2. The van der Waals surface area contributed by atoms with Crippen molar-refractivity contribution < 1.29 is 18.7 Å². The van der Waals surface area contributed by atoms with Crippen molar-refractivity contribution >= 4 is 33.4 Å². The average Bonchev–Trinajstić information content (AvgIpc) is 3.16. The molecule has 0 aliphatic carbocycles. The number of rotatable bonds is 2. The van der Waals surface area contributed by atoms with Gasteiger partial charge >= 0.3 is 0 Å². The molecule has 144 valence electrons. The molecule has 1 aliphatic heterocycles. The van der Waals surface area contributed by atoms with E-state index in [1.54, 1.807) is 23.1 Å². The maximum Gasteiger partial charge on any atom is 0.255 e. The van der Waals surface area contributed by atoms with Crippen molar-refractivity contribution in [2.75, 3.05) is 26.4 Å². The van der Waals surface area contributed by atoms with E-state index in [4.69, 9.17) is 4.74 Å². The second kappa shape index (κ2) is 8.04. The second-order valence-corrected chi connectivity index (χ2v) is 7.44. The Labute approximate surface area is 164 Å². The number of ether oxygens (including phenoxy) is 1. The summed E-state index contributed by atoms with van der Waals surface area (Å²) in [6.45, 7) is 1.21. The van der Waals surface area contributed by atoms with Crippen molar-refractivity contribution in [3.8, 4) is 10.6 Å². The number of nitrogens with zero attached hydrogens (tertiary/aromatic N) is 2. The largest absolute Gasteiger partial charge is 0.360 e. The first-order valence-electron chi connectivity index (χ1n) is 8.90. The molecule has 1 saturated heterocycles. The number of carbonyl (C=O) groups is 2. The Morgan fingerprint density at radius 3 is 2.86 bits per heavy atom. The van der Waals surface area contributed by atoms with Crippen LogP contribution in [0.3, 0.4) is 0 Å². The number of hydrogen-bond acceptors (Lipinski definition) is 5. The predicted molar refractivity (Wildman–Crippen MR) is 104 cm³/mol. The molecule has 0 spiro atoms. The average molecular weight is 399 g/mol. The SMILES string of the molecule is O=C1CCOCN(C(=O)c2ccc3nc(-c4ccc(F)cc4)sc3c2)CCN1. The lowest BCUT2D eigenvalue weighted by atomic mass is 10.2. The van der Waals surface area contributed by atoms with Gasteiger partial charge < -0.3 is 15.0 Å². The number of aromatic nitrogens is 1. The highest BCUT2D eigenvalue weighted by molar-refractivity contribution is 7.21. The molecule has 2 heterocycles. The molecule has 0 radical (unpaired) electrons. The molecule has 1 fully saturated rings. The molecule has 1 aromatic heterocycles. The fraction of sp³-hybridized carbons (Fsp3) is 0.250. The third kappa shape index (κ3) is 4.02. The van der Waals surface area contributed by atoms with E-state index < -0.39 is 0 Å². The van der Waals surface area contributed by atoms with Crippen molar-refractivity contribution in [1.82, 2.24) is 15.2 Å². The zero-order valence-corrected chi connectivity index (χ0v) is 15.8. The van der Waals surface area contributed by atoms with Crippen LogP contribution in [0.15, 0.2) is 42.5 Å². The normalized spacial score (nSPS) is 15.6. The van der Waals surface area contributed by atoms with Gasteiger partial charge in [-0.25, -0.2) is 9.37 Å². The Balaban J connectivity index is 1.57. The fourth-order valence-electron chi connectivity index (χ4n) is 2.94. The first kappa shape index (κ1) is 18.5. The lowest BCUT2D eigenvalue weighted by Gasteiger charge is -2.21. The molecule has 3 aromatic rings. The van der Waals surface area contributed by atoms with E-state index in [1.165, 1.54) is 23.5 Å². The van der Waals surface area contributed by atoms with Gasteiger partial charge in [0.05, 0.1) is 23.2 Å². The third-order valence-electron chi connectivity index (χ3n) is 4.44. The van der Waals surface area contributed by atoms with Crippen molar-refractivity contribution in [3.05, 3.63) is 53.8 Å². The van der Waals surface area contributed by atoms with Gasteiger partial charge in [0.25, 0.3) is 5.91 Å². The van der Waals surface area contributed by atoms with Gasteiger partial charge in [-0.3, -0.25) is 9.59 Å². The quantitative estimate of drug-likeness (QED) is 0.719. The second-order valence-electron chi connectivity index (χ2n) is 6.41. The van der Waals surface area contributed by atoms with Crippen molar-refractivity contribution in [1.29, 1.82) is 0 Å². The van der Waals surface area contributed by atoms with Crippen LogP contribution in [0.4, 0.5) is 4.39 Å². The van der Waals surface area contributed by atoms with Crippen LogP contribution < -0.4 is 5.32 Å². The number of amides is 2. The number of benzene rings is 2. The van der Waals surface area contributed by atoms with E-state index in [2.05, 4.69) is 10.3 Å². The van der Waals surface area contributed by atoms with Crippen LogP contribution in [0.25, 0.3) is 20.8 Å². The zero-order chi connectivity index (χ0) is 19.5. The van der Waals surface area contributed by atoms with E-state index in [1.807, 2.05) is 12.1 Å². The summed E-state index contributed by atoms with van der Waals surface area (Å²) < 4.78 is 19.5. The highest BCUT2D eigenvalue weighted by Crippen LogP contribution is 2.31. The summed E-state index contributed by atoms with van der Waals surface area (Å²) in [6.07, 6.45) is 0.293. The molecule has 1 aliphatic rings. The van der Waals surface area contributed by atoms with Gasteiger partial charge in [-0.2, -0.15) is 0 Å². The highest BCUT2D eigenvalue weighted by atomic mass is 32.1.